The maximum absolute atomic E-state index is 13.0. The van der Waals surface area contributed by atoms with E-state index in [4.69, 9.17) is 11.6 Å². The van der Waals surface area contributed by atoms with Crippen LogP contribution in [0.4, 0.5) is 0 Å². The highest BCUT2D eigenvalue weighted by Gasteiger charge is 2.23. The summed E-state index contributed by atoms with van der Waals surface area (Å²) in [6, 6.07) is 15.3. The van der Waals surface area contributed by atoms with Crippen molar-refractivity contribution in [3.05, 3.63) is 102 Å². The molecule has 4 aromatic rings. The smallest absolute Gasteiger partial charge is 0.255 e. The summed E-state index contributed by atoms with van der Waals surface area (Å²) >= 11 is 6.19. The number of carbonyl (C=O) groups excluding carboxylic acids is 2. The van der Waals surface area contributed by atoms with Crippen molar-refractivity contribution in [2.24, 2.45) is 0 Å². The summed E-state index contributed by atoms with van der Waals surface area (Å²) in [6.07, 6.45) is 7.79. The molecule has 0 aliphatic heterocycles. The summed E-state index contributed by atoms with van der Waals surface area (Å²) in [5, 5.41) is 3.32. The van der Waals surface area contributed by atoms with Gasteiger partial charge in [0.25, 0.3) is 5.91 Å². The molecule has 0 radical (unpaired) electrons. The first-order valence-electron chi connectivity index (χ1n) is 9.54. The number of benzene rings is 2. The van der Waals surface area contributed by atoms with Crippen molar-refractivity contribution in [1.82, 2.24) is 24.8 Å². The molecule has 1 amide bonds. The number of halogens is 1. The number of carbonyl (C=O) groups is 2. The Morgan fingerprint density at radius 2 is 1.68 bits per heavy atom. The number of hydrogen-bond acceptors (Lipinski definition) is 5. The van der Waals surface area contributed by atoms with E-state index < -0.39 is 11.9 Å². The molecule has 0 aliphatic carbocycles. The van der Waals surface area contributed by atoms with E-state index in [-0.39, 0.29) is 17.9 Å². The van der Waals surface area contributed by atoms with Crippen LogP contribution < -0.4 is 5.32 Å². The number of amides is 1. The summed E-state index contributed by atoms with van der Waals surface area (Å²) in [4.78, 5) is 38.4. The number of Topliss-reactive ketones (excluding diaryl/α,β-unsaturated/α-hetero) is 1. The number of imidazole rings is 1. The third kappa shape index (κ3) is 4.84. The summed E-state index contributed by atoms with van der Waals surface area (Å²) in [5.41, 5.74) is 1.43. The SMILES string of the molecule is O=C(NC(Cn1ccnc1)C(=O)c1ccccc1)c1cnc(-c2ccccc2Cl)nc1. The molecule has 4 rings (SSSR count). The fourth-order valence-electron chi connectivity index (χ4n) is 3.07. The highest BCUT2D eigenvalue weighted by atomic mass is 35.5. The lowest BCUT2D eigenvalue weighted by Gasteiger charge is -2.18. The molecule has 2 heterocycles. The summed E-state index contributed by atoms with van der Waals surface area (Å²) in [6.45, 7) is 0.248. The highest BCUT2D eigenvalue weighted by Crippen LogP contribution is 2.24. The molecule has 1 unspecified atom stereocenters. The van der Waals surface area contributed by atoms with Crippen molar-refractivity contribution >= 4 is 23.3 Å². The van der Waals surface area contributed by atoms with E-state index in [0.717, 1.165) is 0 Å². The molecular weight excluding hydrogens is 414 g/mol. The zero-order chi connectivity index (χ0) is 21.6. The van der Waals surface area contributed by atoms with Gasteiger partial charge in [-0.05, 0) is 12.1 Å². The molecule has 0 saturated carbocycles. The van der Waals surface area contributed by atoms with Crippen molar-refractivity contribution in [2.45, 2.75) is 12.6 Å². The second kappa shape index (κ2) is 9.32. The van der Waals surface area contributed by atoms with Crippen molar-refractivity contribution in [3.8, 4) is 11.4 Å². The van der Waals surface area contributed by atoms with Crippen LogP contribution >= 0.6 is 11.6 Å². The molecule has 7 nitrogen and oxygen atoms in total. The quantitative estimate of drug-likeness (QED) is 0.451. The second-order valence-corrected chi connectivity index (χ2v) is 7.20. The molecule has 31 heavy (non-hydrogen) atoms. The van der Waals surface area contributed by atoms with E-state index in [1.165, 1.54) is 12.4 Å². The first-order chi connectivity index (χ1) is 15.1. The Balaban J connectivity index is 1.54. The zero-order valence-electron chi connectivity index (χ0n) is 16.4. The first-order valence-corrected chi connectivity index (χ1v) is 9.92. The molecule has 154 valence electrons. The molecule has 2 aromatic heterocycles. The van der Waals surface area contributed by atoms with Gasteiger partial charge in [0, 0.05) is 35.9 Å². The molecular formula is C23H18ClN5O2. The minimum Gasteiger partial charge on any atom is -0.340 e. The Hall–Kier alpha value is -3.84. The van der Waals surface area contributed by atoms with Gasteiger partial charge in [-0.3, -0.25) is 9.59 Å². The number of hydrogen-bond donors (Lipinski definition) is 1. The Labute approximate surface area is 183 Å². The third-order valence-corrected chi connectivity index (χ3v) is 4.99. The van der Waals surface area contributed by atoms with E-state index in [9.17, 15) is 9.59 Å². The fourth-order valence-corrected chi connectivity index (χ4v) is 3.29. The number of nitrogens with zero attached hydrogens (tertiary/aromatic N) is 4. The molecule has 0 fully saturated rings. The number of aromatic nitrogens is 4. The predicted molar refractivity (Wildman–Crippen MR) is 117 cm³/mol. The lowest BCUT2D eigenvalue weighted by Crippen LogP contribution is -2.43. The van der Waals surface area contributed by atoms with Gasteiger partial charge in [-0.2, -0.15) is 0 Å². The van der Waals surface area contributed by atoms with Crippen molar-refractivity contribution < 1.29 is 9.59 Å². The topological polar surface area (TPSA) is 89.8 Å². The van der Waals surface area contributed by atoms with Crippen LogP contribution in [0.1, 0.15) is 20.7 Å². The Morgan fingerprint density at radius 3 is 2.35 bits per heavy atom. The average Bonchev–Trinajstić information content (AvgIpc) is 3.32. The van der Waals surface area contributed by atoms with Gasteiger partial charge >= 0.3 is 0 Å². The van der Waals surface area contributed by atoms with E-state index in [1.54, 1.807) is 59.7 Å². The summed E-state index contributed by atoms with van der Waals surface area (Å²) in [5.74, 6) is -0.228. The third-order valence-electron chi connectivity index (χ3n) is 4.66. The van der Waals surface area contributed by atoms with Gasteiger partial charge in [-0.25, -0.2) is 15.0 Å². The van der Waals surface area contributed by atoms with Gasteiger partial charge < -0.3 is 9.88 Å². The average molecular weight is 432 g/mol. The van der Waals surface area contributed by atoms with Crippen molar-refractivity contribution in [3.63, 3.8) is 0 Å². The van der Waals surface area contributed by atoms with E-state index >= 15 is 0 Å². The maximum atomic E-state index is 13.0. The van der Waals surface area contributed by atoms with Crippen LogP contribution in [0.2, 0.25) is 5.02 Å². The lowest BCUT2D eigenvalue weighted by atomic mass is 10.0. The fraction of sp³-hybridized carbons (Fsp3) is 0.0870. The van der Waals surface area contributed by atoms with Crippen molar-refractivity contribution in [2.75, 3.05) is 0 Å². The second-order valence-electron chi connectivity index (χ2n) is 6.79. The standard InChI is InChI=1S/C23H18ClN5O2/c24-19-9-5-4-8-18(19)22-26-12-17(13-27-22)23(31)28-20(14-29-11-10-25-15-29)21(30)16-6-2-1-3-7-16/h1-13,15,20H,14H2,(H,28,31). The van der Waals surface area contributed by atoms with Crippen LogP contribution in [-0.2, 0) is 6.54 Å². The van der Waals surface area contributed by atoms with E-state index in [0.29, 0.717) is 22.0 Å². The molecule has 1 atom stereocenters. The van der Waals surface area contributed by atoms with Crippen LogP contribution in [0.5, 0.6) is 0 Å². The van der Waals surface area contributed by atoms with Crippen LogP contribution in [-0.4, -0.2) is 37.3 Å². The van der Waals surface area contributed by atoms with Gasteiger partial charge in [0.15, 0.2) is 11.6 Å². The van der Waals surface area contributed by atoms with E-state index in [2.05, 4.69) is 20.3 Å². The summed E-state index contributed by atoms with van der Waals surface area (Å²) < 4.78 is 1.74. The minimum atomic E-state index is -0.785. The molecule has 0 saturated heterocycles. The number of rotatable bonds is 7. The zero-order valence-corrected chi connectivity index (χ0v) is 17.1. The largest absolute Gasteiger partial charge is 0.340 e. The normalized spacial score (nSPS) is 11.6. The van der Waals surface area contributed by atoms with Gasteiger partial charge in [0.05, 0.1) is 23.5 Å². The van der Waals surface area contributed by atoms with Gasteiger partial charge in [-0.1, -0.05) is 54.1 Å². The lowest BCUT2D eigenvalue weighted by molar-refractivity contribution is 0.0847. The van der Waals surface area contributed by atoms with Gasteiger partial charge in [-0.15, -0.1) is 0 Å². The van der Waals surface area contributed by atoms with E-state index in [1.807, 2.05) is 18.2 Å². The van der Waals surface area contributed by atoms with Crippen LogP contribution in [0.3, 0.4) is 0 Å². The monoisotopic (exact) mass is 431 g/mol. The molecule has 0 aliphatic rings. The van der Waals surface area contributed by atoms with Crippen molar-refractivity contribution in [1.29, 1.82) is 0 Å². The van der Waals surface area contributed by atoms with Crippen LogP contribution in [0.25, 0.3) is 11.4 Å². The van der Waals surface area contributed by atoms with Crippen LogP contribution in [0, 0.1) is 0 Å². The number of nitrogens with one attached hydrogen (secondary N) is 1. The molecule has 0 spiro atoms. The van der Waals surface area contributed by atoms with Gasteiger partial charge in [0.1, 0.15) is 6.04 Å². The predicted octanol–water partition coefficient (Wildman–Crippen LogP) is 3.68. The molecule has 8 heteroatoms. The maximum Gasteiger partial charge on any atom is 0.255 e. The minimum absolute atomic E-state index is 0.198. The Kier molecular flexibility index (Phi) is 6.14. The Bertz CT molecular complexity index is 1180. The number of ketones is 1. The summed E-state index contributed by atoms with van der Waals surface area (Å²) in [7, 11) is 0. The molecule has 2 aromatic carbocycles. The Morgan fingerprint density at radius 1 is 0.968 bits per heavy atom. The molecule has 0 bridgehead atoms. The van der Waals surface area contributed by atoms with Gasteiger partial charge in [0.2, 0.25) is 0 Å². The molecule has 1 N–H and O–H groups in total. The van der Waals surface area contributed by atoms with Crippen LogP contribution in [0.15, 0.2) is 85.7 Å². The highest BCUT2D eigenvalue weighted by molar-refractivity contribution is 6.33. The first kappa shape index (κ1) is 20.4.